The molecular formula is C13H15FN4O2. The van der Waals surface area contributed by atoms with Gasteiger partial charge in [-0.1, -0.05) is 0 Å². The Morgan fingerprint density at radius 2 is 2.10 bits per heavy atom. The summed E-state index contributed by atoms with van der Waals surface area (Å²) >= 11 is 0. The molecule has 1 aliphatic heterocycles. The molecule has 0 atom stereocenters. The molecule has 106 valence electrons. The van der Waals surface area contributed by atoms with E-state index >= 15 is 0 Å². The van der Waals surface area contributed by atoms with Crippen LogP contribution in [-0.2, 0) is 7.05 Å². The highest BCUT2D eigenvalue weighted by atomic mass is 19.1. The van der Waals surface area contributed by atoms with Crippen molar-refractivity contribution in [3.8, 4) is 0 Å². The molecule has 2 heterocycles. The number of nitro benzene ring substituents is 1. The lowest BCUT2D eigenvalue weighted by atomic mass is 10.1. The highest BCUT2D eigenvalue weighted by molar-refractivity contribution is 5.87. The van der Waals surface area contributed by atoms with Gasteiger partial charge in [-0.2, -0.15) is 5.10 Å². The van der Waals surface area contributed by atoms with Crippen molar-refractivity contribution in [2.45, 2.75) is 19.0 Å². The lowest BCUT2D eigenvalue weighted by molar-refractivity contribution is -0.384. The first-order valence-electron chi connectivity index (χ1n) is 6.55. The maximum Gasteiger partial charge on any atom is 0.293 e. The van der Waals surface area contributed by atoms with Crippen LogP contribution in [0.3, 0.4) is 0 Å². The second-order valence-electron chi connectivity index (χ2n) is 5.12. The topological polar surface area (TPSA) is 64.2 Å². The number of fused-ring (bicyclic) bond motifs is 1. The molecule has 0 amide bonds. The molecule has 1 aromatic carbocycles. The van der Waals surface area contributed by atoms with Crippen molar-refractivity contribution in [1.29, 1.82) is 0 Å². The third kappa shape index (κ3) is 2.19. The number of nitro groups is 1. The number of aryl methyl sites for hydroxylation is 1. The maximum atomic E-state index is 13.2. The Labute approximate surface area is 114 Å². The first kappa shape index (κ1) is 12.8. The Bertz CT molecular complexity index is 662. The number of halogens is 1. The molecule has 0 unspecified atom stereocenters. The maximum absolute atomic E-state index is 13.2. The van der Waals surface area contributed by atoms with Crippen LogP contribution < -0.4 is 4.90 Å². The first-order valence-corrected chi connectivity index (χ1v) is 6.55. The molecule has 0 radical (unpaired) electrons. The summed E-state index contributed by atoms with van der Waals surface area (Å²) in [6.07, 6.45) is 1.78. The van der Waals surface area contributed by atoms with Crippen LogP contribution in [-0.4, -0.2) is 34.0 Å². The summed E-state index contributed by atoms with van der Waals surface area (Å²) in [5, 5.41) is 16.3. The predicted molar refractivity (Wildman–Crippen MR) is 73.7 cm³/mol. The average Bonchev–Trinajstić information content (AvgIpc) is 2.77. The van der Waals surface area contributed by atoms with E-state index < -0.39 is 6.17 Å². The second-order valence-corrected chi connectivity index (χ2v) is 5.12. The van der Waals surface area contributed by atoms with Gasteiger partial charge < -0.3 is 4.90 Å². The van der Waals surface area contributed by atoms with Crippen LogP contribution in [0.5, 0.6) is 0 Å². The van der Waals surface area contributed by atoms with E-state index in [1.165, 1.54) is 0 Å². The van der Waals surface area contributed by atoms with Gasteiger partial charge in [0, 0.05) is 37.8 Å². The Morgan fingerprint density at radius 3 is 2.75 bits per heavy atom. The van der Waals surface area contributed by atoms with Crippen LogP contribution in [0.4, 0.5) is 15.8 Å². The van der Waals surface area contributed by atoms with Crippen LogP contribution in [0.15, 0.2) is 18.3 Å². The molecule has 6 nitrogen and oxygen atoms in total. The molecule has 20 heavy (non-hydrogen) atoms. The number of anilines is 1. The first-order chi connectivity index (χ1) is 9.54. The molecule has 3 rings (SSSR count). The van der Waals surface area contributed by atoms with Crippen molar-refractivity contribution >= 4 is 22.3 Å². The fourth-order valence-corrected chi connectivity index (χ4v) is 2.66. The van der Waals surface area contributed by atoms with Gasteiger partial charge >= 0.3 is 0 Å². The second kappa shape index (κ2) is 4.73. The van der Waals surface area contributed by atoms with E-state index in [9.17, 15) is 14.5 Å². The van der Waals surface area contributed by atoms with Gasteiger partial charge in [-0.05, 0) is 18.9 Å². The average molecular weight is 278 g/mol. The minimum atomic E-state index is -0.802. The van der Waals surface area contributed by atoms with Crippen LogP contribution in [0, 0.1) is 10.1 Å². The number of benzene rings is 1. The minimum Gasteiger partial charge on any atom is -0.366 e. The zero-order chi connectivity index (χ0) is 14.3. The Hall–Kier alpha value is -2.18. The van der Waals surface area contributed by atoms with Gasteiger partial charge in [0.25, 0.3) is 5.69 Å². The van der Waals surface area contributed by atoms with Gasteiger partial charge in [-0.25, -0.2) is 4.39 Å². The van der Waals surface area contributed by atoms with Crippen molar-refractivity contribution in [2.75, 3.05) is 18.0 Å². The molecule has 0 bridgehead atoms. The van der Waals surface area contributed by atoms with Crippen LogP contribution in [0.25, 0.3) is 10.9 Å². The number of alkyl halides is 1. The van der Waals surface area contributed by atoms with Gasteiger partial charge in [0.1, 0.15) is 11.9 Å². The molecule has 0 N–H and O–H groups in total. The smallest absolute Gasteiger partial charge is 0.293 e. The fraction of sp³-hybridized carbons (Fsp3) is 0.462. The van der Waals surface area contributed by atoms with Crippen molar-refractivity contribution < 1.29 is 9.31 Å². The zero-order valence-corrected chi connectivity index (χ0v) is 11.1. The minimum absolute atomic E-state index is 0.0582. The van der Waals surface area contributed by atoms with Crippen LogP contribution in [0.2, 0.25) is 0 Å². The lowest BCUT2D eigenvalue weighted by Crippen LogP contribution is -2.34. The number of rotatable bonds is 2. The summed E-state index contributed by atoms with van der Waals surface area (Å²) in [5.74, 6) is 0. The van der Waals surface area contributed by atoms with Crippen molar-refractivity contribution in [2.24, 2.45) is 7.05 Å². The lowest BCUT2D eigenvalue weighted by Gasteiger charge is -2.30. The number of hydrogen-bond donors (Lipinski definition) is 0. The van der Waals surface area contributed by atoms with E-state index in [4.69, 9.17) is 0 Å². The number of hydrogen-bond acceptors (Lipinski definition) is 4. The SMILES string of the molecule is Cn1cc2cc([N+](=O)[O-])c(N3CCC(F)CC3)cc2n1. The molecular weight excluding hydrogens is 263 g/mol. The van der Waals surface area contributed by atoms with E-state index in [1.54, 1.807) is 30.1 Å². The van der Waals surface area contributed by atoms with Crippen LogP contribution in [0.1, 0.15) is 12.8 Å². The highest BCUT2D eigenvalue weighted by Crippen LogP contribution is 2.34. The molecule has 7 heteroatoms. The molecule has 1 aliphatic rings. The Kier molecular flexibility index (Phi) is 3.04. The predicted octanol–water partition coefficient (Wildman–Crippen LogP) is 2.42. The van der Waals surface area contributed by atoms with Gasteiger partial charge in [0.15, 0.2) is 0 Å². The molecule has 1 fully saturated rings. The van der Waals surface area contributed by atoms with Gasteiger partial charge in [0.05, 0.1) is 10.4 Å². The summed E-state index contributed by atoms with van der Waals surface area (Å²) in [7, 11) is 1.78. The largest absolute Gasteiger partial charge is 0.366 e. The molecule has 0 saturated carbocycles. The summed E-state index contributed by atoms with van der Waals surface area (Å²) in [4.78, 5) is 12.7. The monoisotopic (exact) mass is 278 g/mol. The van der Waals surface area contributed by atoms with Crippen molar-refractivity contribution in [1.82, 2.24) is 9.78 Å². The van der Waals surface area contributed by atoms with E-state index in [-0.39, 0.29) is 10.6 Å². The van der Waals surface area contributed by atoms with E-state index in [1.807, 2.05) is 4.90 Å². The number of piperidine rings is 1. The van der Waals surface area contributed by atoms with Gasteiger partial charge in [-0.15, -0.1) is 0 Å². The van der Waals surface area contributed by atoms with Gasteiger partial charge in [0.2, 0.25) is 0 Å². The molecule has 1 saturated heterocycles. The van der Waals surface area contributed by atoms with E-state index in [0.29, 0.717) is 31.6 Å². The third-order valence-corrected chi connectivity index (χ3v) is 3.68. The summed E-state index contributed by atoms with van der Waals surface area (Å²) < 4.78 is 14.8. The molecule has 2 aromatic rings. The Balaban J connectivity index is 2.07. The third-order valence-electron chi connectivity index (χ3n) is 3.68. The fourth-order valence-electron chi connectivity index (χ4n) is 2.66. The summed E-state index contributed by atoms with van der Waals surface area (Å²) in [6, 6.07) is 3.27. The normalized spacial score (nSPS) is 16.8. The molecule has 0 spiro atoms. The zero-order valence-electron chi connectivity index (χ0n) is 11.1. The number of aromatic nitrogens is 2. The quantitative estimate of drug-likeness (QED) is 0.625. The standard InChI is InChI=1S/C13H15FN4O2/c1-16-8-9-6-13(18(19)20)12(7-11(9)15-16)17-4-2-10(14)3-5-17/h6-8,10H,2-5H2,1H3. The summed E-state index contributed by atoms with van der Waals surface area (Å²) in [5.41, 5.74) is 1.31. The molecule has 0 aliphatic carbocycles. The summed E-state index contributed by atoms with van der Waals surface area (Å²) in [6.45, 7) is 1.00. The number of nitrogens with zero attached hydrogens (tertiary/aromatic N) is 4. The Morgan fingerprint density at radius 1 is 1.40 bits per heavy atom. The van der Waals surface area contributed by atoms with E-state index in [0.717, 1.165) is 10.9 Å². The van der Waals surface area contributed by atoms with Crippen molar-refractivity contribution in [3.05, 3.63) is 28.4 Å². The van der Waals surface area contributed by atoms with E-state index in [2.05, 4.69) is 5.10 Å². The molecule has 1 aromatic heterocycles. The van der Waals surface area contributed by atoms with Crippen LogP contribution >= 0.6 is 0 Å². The highest BCUT2D eigenvalue weighted by Gasteiger charge is 2.25. The van der Waals surface area contributed by atoms with Crippen molar-refractivity contribution in [3.63, 3.8) is 0 Å². The van der Waals surface area contributed by atoms with Gasteiger partial charge in [-0.3, -0.25) is 14.8 Å².